The van der Waals surface area contributed by atoms with E-state index in [4.69, 9.17) is 11.5 Å². The second-order valence-corrected chi connectivity index (χ2v) is 4.61. The fourth-order valence-electron chi connectivity index (χ4n) is 1.86. The minimum Gasteiger partial charge on any atom is -0.481 e. The number of nitrogens with one attached hydrogen (secondary N) is 2. The van der Waals surface area contributed by atoms with Crippen LogP contribution in [0.2, 0.25) is 0 Å². The SMILES string of the molecule is C#CCCCCNC(=O)NCc1ccccc1CC(=O)O. The van der Waals surface area contributed by atoms with Gasteiger partial charge in [-0.15, -0.1) is 12.3 Å². The van der Waals surface area contributed by atoms with Gasteiger partial charge in [0.1, 0.15) is 0 Å². The second-order valence-electron chi connectivity index (χ2n) is 4.61. The van der Waals surface area contributed by atoms with Crippen molar-refractivity contribution in [1.29, 1.82) is 0 Å². The lowest BCUT2D eigenvalue weighted by atomic mass is 10.0. The predicted octanol–water partition coefficient (Wildman–Crippen LogP) is 1.92. The normalized spacial score (nSPS) is 9.67. The number of benzene rings is 1. The molecule has 0 radical (unpaired) electrons. The Hall–Kier alpha value is -2.48. The molecule has 0 atom stereocenters. The zero-order valence-corrected chi connectivity index (χ0v) is 11.9. The van der Waals surface area contributed by atoms with E-state index >= 15 is 0 Å². The first-order valence-electron chi connectivity index (χ1n) is 6.87. The Morgan fingerprint density at radius 2 is 1.86 bits per heavy atom. The van der Waals surface area contributed by atoms with Crippen LogP contribution < -0.4 is 10.6 Å². The van der Waals surface area contributed by atoms with E-state index in [1.54, 1.807) is 12.1 Å². The number of unbranched alkanes of at least 4 members (excludes halogenated alkanes) is 2. The molecule has 0 aliphatic carbocycles. The van der Waals surface area contributed by atoms with E-state index in [0.29, 0.717) is 25.1 Å². The number of carboxylic acids is 1. The summed E-state index contributed by atoms with van der Waals surface area (Å²) in [6.07, 6.45) is 7.53. The average molecular weight is 288 g/mol. The van der Waals surface area contributed by atoms with Crippen molar-refractivity contribution in [3.63, 3.8) is 0 Å². The van der Waals surface area contributed by atoms with Crippen molar-refractivity contribution in [2.45, 2.75) is 32.2 Å². The molecule has 0 bridgehead atoms. The molecular formula is C16H20N2O3. The van der Waals surface area contributed by atoms with Gasteiger partial charge in [0, 0.05) is 19.5 Å². The number of carboxylic acid groups (broad SMARTS) is 1. The van der Waals surface area contributed by atoms with Gasteiger partial charge in [0.2, 0.25) is 0 Å². The van der Waals surface area contributed by atoms with Crippen LogP contribution >= 0.6 is 0 Å². The minimum atomic E-state index is -0.889. The lowest BCUT2D eigenvalue weighted by molar-refractivity contribution is -0.136. The van der Waals surface area contributed by atoms with Gasteiger partial charge in [0.15, 0.2) is 0 Å². The number of hydrogen-bond acceptors (Lipinski definition) is 2. The number of urea groups is 1. The number of carbonyl (C=O) groups excluding carboxylic acids is 1. The van der Waals surface area contributed by atoms with Crippen molar-refractivity contribution in [3.8, 4) is 12.3 Å². The highest BCUT2D eigenvalue weighted by atomic mass is 16.4. The van der Waals surface area contributed by atoms with Gasteiger partial charge >= 0.3 is 12.0 Å². The molecule has 1 aromatic rings. The summed E-state index contributed by atoms with van der Waals surface area (Å²) in [5.74, 6) is 1.66. The summed E-state index contributed by atoms with van der Waals surface area (Å²) in [5, 5.41) is 14.3. The molecule has 0 saturated carbocycles. The highest BCUT2D eigenvalue weighted by Gasteiger charge is 2.07. The molecule has 0 aromatic heterocycles. The van der Waals surface area contributed by atoms with Crippen LogP contribution in [0.15, 0.2) is 24.3 Å². The van der Waals surface area contributed by atoms with Gasteiger partial charge in [-0.25, -0.2) is 4.79 Å². The summed E-state index contributed by atoms with van der Waals surface area (Å²) in [6, 6.07) is 6.91. The van der Waals surface area contributed by atoms with Crippen molar-refractivity contribution in [2.75, 3.05) is 6.54 Å². The minimum absolute atomic E-state index is 0.0500. The lowest BCUT2D eigenvalue weighted by Crippen LogP contribution is -2.35. The van der Waals surface area contributed by atoms with E-state index in [1.807, 2.05) is 12.1 Å². The Kier molecular flexibility index (Phi) is 7.44. The number of carbonyl (C=O) groups is 2. The molecule has 21 heavy (non-hydrogen) atoms. The number of terminal acetylenes is 1. The molecule has 0 fully saturated rings. The van der Waals surface area contributed by atoms with Crippen LogP contribution in [0.5, 0.6) is 0 Å². The Bertz CT molecular complexity index is 520. The summed E-state index contributed by atoms with van der Waals surface area (Å²) < 4.78 is 0. The average Bonchev–Trinajstić information content (AvgIpc) is 2.45. The van der Waals surface area contributed by atoms with Crippen LogP contribution in [-0.2, 0) is 17.8 Å². The van der Waals surface area contributed by atoms with Crippen LogP contribution in [0.4, 0.5) is 4.79 Å². The third kappa shape index (κ3) is 7.02. The molecule has 0 saturated heterocycles. The molecule has 0 spiro atoms. The first kappa shape index (κ1) is 16.6. The molecule has 1 aromatic carbocycles. The number of rotatable bonds is 8. The molecule has 5 nitrogen and oxygen atoms in total. The Morgan fingerprint density at radius 3 is 2.52 bits per heavy atom. The van der Waals surface area contributed by atoms with E-state index < -0.39 is 5.97 Å². The summed E-state index contributed by atoms with van der Waals surface area (Å²) in [6.45, 7) is 0.879. The topological polar surface area (TPSA) is 78.4 Å². The zero-order valence-electron chi connectivity index (χ0n) is 11.9. The number of amides is 2. The van der Waals surface area contributed by atoms with E-state index in [0.717, 1.165) is 18.4 Å². The van der Waals surface area contributed by atoms with Crippen LogP contribution in [0, 0.1) is 12.3 Å². The van der Waals surface area contributed by atoms with Crippen molar-refractivity contribution in [2.24, 2.45) is 0 Å². The van der Waals surface area contributed by atoms with Gasteiger partial charge in [-0.2, -0.15) is 0 Å². The van der Waals surface area contributed by atoms with Gasteiger partial charge in [-0.3, -0.25) is 4.79 Å². The number of aliphatic carboxylic acids is 1. The monoisotopic (exact) mass is 288 g/mol. The lowest BCUT2D eigenvalue weighted by Gasteiger charge is -2.10. The van der Waals surface area contributed by atoms with E-state index in [-0.39, 0.29) is 12.5 Å². The fourth-order valence-corrected chi connectivity index (χ4v) is 1.86. The molecule has 0 aliphatic heterocycles. The third-order valence-electron chi connectivity index (χ3n) is 2.93. The van der Waals surface area contributed by atoms with Gasteiger partial charge in [-0.1, -0.05) is 24.3 Å². The first-order valence-corrected chi connectivity index (χ1v) is 6.87. The fraction of sp³-hybridized carbons (Fsp3) is 0.375. The standard InChI is InChI=1S/C16H20N2O3/c1-2-3-4-7-10-17-16(21)18-12-14-9-6-5-8-13(14)11-15(19)20/h1,5-6,8-9H,3-4,7,10-12H2,(H,19,20)(H2,17,18,21). The van der Waals surface area contributed by atoms with Crippen molar-refractivity contribution >= 4 is 12.0 Å². The number of hydrogen-bond donors (Lipinski definition) is 3. The summed E-state index contributed by atoms with van der Waals surface area (Å²) in [7, 11) is 0. The molecule has 0 aliphatic rings. The first-order chi connectivity index (χ1) is 10.1. The zero-order chi connectivity index (χ0) is 15.5. The molecule has 3 N–H and O–H groups in total. The molecule has 5 heteroatoms. The maximum atomic E-state index is 11.6. The Morgan fingerprint density at radius 1 is 1.14 bits per heavy atom. The largest absolute Gasteiger partial charge is 0.481 e. The van der Waals surface area contributed by atoms with Crippen LogP contribution in [0.3, 0.4) is 0 Å². The predicted molar refractivity (Wildman–Crippen MR) is 80.7 cm³/mol. The van der Waals surface area contributed by atoms with Crippen LogP contribution in [0.25, 0.3) is 0 Å². The molecular weight excluding hydrogens is 268 g/mol. The maximum absolute atomic E-state index is 11.6. The molecule has 1 rings (SSSR count). The van der Waals surface area contributed by atoms with Crippen LogP contribution in [-0.4, -0.2) is 23.7 Å². The Balaban J connectivity index is 2.36. The smallest absolute Gasteiger partial charge is 0.315 e. The van der Waals surface area contributed by atoms with Gasteiger partial charge in [-0.05, 0) is 24.0 Å². The van der Waals surface area contributed by atoms with Crippen molar-refractivity contribution in [1.82, 2.24) is 10.6 Å². The highest BCUT2D eigenvalue weighted by Crippen LogP contribution is 2.09. The third-order valence-corrected chi connectivity index (χ3v) is 2.93. The molecule has 2 amide bonds. The van der Waals surface area contributed by atoms with E-state index in [9.17, 15) is 9.59 Å². The molecule has 112 valence electrons. The van der Waals surface area contributed by atoms with Crippen LogP contribution in [0.1, 0.15) is 30.4 Å². The van der Waals surface area contributed by atoms with Crippen molar-refractivity contribution in [3.05, 3.63) is 35.4 Å². The summed E-state index contributed by atoms with van der Waals surface area (Å²) in [4.78, 5) is 22.4. The Labute approximate surface area is 124 Å². The quantitative estimate of drug-likeness (QED) is 0.505. The molecule has 0 unspecified atom stereocenters. The second kappa shape index (κ2) is 9.43. The van der Waals surface area contributed by atoms with Crippen molar-refractivity contribution < 1.29 is 14.7 Å². The van der Waals surface area contributed by atoms with Gasteiger partial charge in [0.25, 0.3) is 0 Å². The maximum Gasteiger partial charge on any atom is 0.315 e. The summed E-state index contributed by atoms with van der Waals surface area (Å²) >= 11 is 0. The van der Waals surface area contributed by atoms with E-state index in [1.165, 1.54) is 0 Å². The highest BCUT2D eigenvalue weighted by molar-refractivity contribution is 5.74. The van der Waals surface area contributed by atoms with Gasteiger partial charge < -0.3 is 15.7 Å². The summed E-state index contributed by atoms with van der Waals surface area (Å²) in [5.41, 5.74) is 1.52. The molecule has 0 heterocycles. The van der Waals surface area contributed by atoms with E-state index in [2.05, 4.69) is 16.6 Å². The van der Waals surface area contributed by atoms with Gasteiger partial charge in [0.05, 0.1) is 6.42 Å².